The lowest BCUT2D eigenvalue weighted by molar-refractivity contribution is 0.330. The SMILES string of the molecule is C=CC1C=CC(SCC(C)(C)C(C)(C)S)C1. The Bertz CT molecular complexity index is 271. The summed E-state index contributed by atoms with van der Waals surface area (Å²) in [6.45, 7) is 12.9. The first-order valence-electron chi connectivity index (χ1n) is 5.91. The van der Waals surface area contributed by atoms with E-state index < -0.39 is 0 Å². The molecule has 0 amide bonds. The number of hydrogen-bond acceptors (Lipinski definition) is 2. The van der Waals surface area contributed by atoms with Gasteiger partial charge in [-0.2, -0.15) is 24.4 Å². The highest BCUT2D eigenvalue weighted by Crippen LogP contribution is 2.41. The van der Waals surface area contributed by atoms with E-state index in [9.17, 15) is 0 Å². The molecule has 2 unspecified atom stereocenters. The predicted octanol–water partition coefficient (Wildman–Crippen LogP) is 4.58. The highest BCUT2D eigenvalue weighted by molar-refractivity contribution is 8.00. The third-order valence-electron chi connectivity index (χ3n) is 3.69. The number of allylic oxidation sites excluding steroid dienone is 2. The molecule has 0 N–H and O–H groups in total. The Labute approximate surface area is 110 Å². The average Bonchev–Trinajstić information content (AvgIpc) is 2.60. The first-order chi connectivity index (χ1) is 7.26. The molecule has 0 saturated carbocycles. The molecule has 0 radical (unpaired) electrons. The summed E-state index contributed by atoms with van der Waals surface area (Å²) in [4.78, 5) is 0. The molecule has 16 heavy (non-hydrogen) atoms. The normalized spacial score (nSPS) is 26.1. The van der Waals surface area contributed by atoms with Crippen molar-refractivity contribution in [2.24, 2.45) is 11.3 Å². The van der Waals surface area contributed by atoms with Gasteiger partial charge in [0.25, 0.3) is 0 Å². The molecule has 1 rings (SSSR count). The van der Waals surface area contributed by atoms with Crippen LogP contribution in [0.4, 0.5) is 0 Å². The van der Waals surface area contributed by atoms with E-state index in [0.29, 0.717) is 11.2 Å². The van der Waals surface area contributed by atoms with Gasteiger partial charge in [0.1, 0.15) is 0 Å². The van der Waals surface area contributed by atoms with Gasteiger partial charge in [0.2, 0.25) is 0 Å². The summed E-state index contributed by atoms with van der Waals surface area (Å²) in [5.74, 6) is 1.74. The van der Waals surface area contributed by atoms with E-state index in [2.05, 4.69) is 58.2 Å². The van der Waals surface area contributed by atoms with Gasteiger partial charge in [0.05, 0.1) is 0 Å². The maximum atomic E-state index is 4.70. The van der Waals surface area contributed by atoms with Crippen LogP contribution in [0.3, 0.4) is 0 Å². The zero-order valence-corrected chi connectivity index (χ0v) is 12.6. The molecule has 1 aliphatic carbocycles. The van der Waals surface area contributed by atoms with Crippen molar-refractivity contribution in [1.82, 2.24) is 0 Å². The molecule has 0 nitrogen and oxygen atoms in total. The fraction of sp³-hybridized carbons (Fsp3) is 0.714. The Morgan fingerprint density at radius 3 is 2.44 bits per heavy atom. The molecular formula is C14H24S2. The largest absolute Gasteiger partial charge is 0.172 e. The van der Waals surface area contributed by atoms with Crippen molar-refractivity contribution >= 4 is 24.4 Å². The van der Waals surface area contributed by atoms with Crippen LogP contribution in [0, 0.1) is 11.3 Å². The summed E-state index contributed by atoms with van der Waals surface area (Å²) < 4.78 is 0.0696. The van der Waals surface area contributed by atoms with Crippen LogP contribution >= 0.6 is 24.4 Å². The molecule has 92 valence electrons. The summed E-state index contributed by atoms with van der Waals surface area (Å²) >= 11 is 6.75. The van der Waals surface area contributed by atoms with Gasteiger partial charge >= 0.3 is 0 Å². The fourth-order valence-electron chi connectivity index (χ4n) is 1.48. The Morgan fingerprint density at radius 2 is 2.00 bits per heavy atom. The molecule has 0 aromatic heterocycles. The van der Waals surface area contributed by atoms with Gasteiger partial charge in [-0.1, -0.05) is 45.9 Å². The lowest BCUT2D eigenvalue weighted by atomic mass is 9.82. The molecule has 0 aromatic carbocycles. The van der Waals surface area contributed by atoms with Crippen LogP contribution in [0.2, 0.25) is 0 Å². The molecule has 0 saturated heterocycles. The van der Waals surface area contributed by atoms with Crippen molar-refractivity contribution in [2.45, 2.75) is 44.1 Å². The second-order valence-corrected chi connectivity index (χ2v) is 8.16. The van der Waals surface area contributed by atoms with Crippen LogP contribution in [-0.4, -0.2) is 15.7 Å². The van der Waals surface area contributed by atoms with Crippen molar-refractivity contribution < 1.29 is 0 Å². The highest BCUT2D eigenvalue weighted by Gasteiger charge is 2.34. The van der Waals surface area contributed by atoms with Gasteiger partial charge in [-0.3, -0.25) is 0 Å². The first kappa shape index (κ1) is 14.2. The number of rotatable bonds is 5. The van der Waals surface area contributed by atoms with Gasteiger partial charge in [-0.05, 0) is 17.8 Å². The summed E-state index contributed by atoms with van der Waals surface area (Å²) in [7, 11) is 0. The Kier molecular flexibility index (Phi) is 4.65. The van der Waals surface area contributed by atoms with Gasteiger partial charge in [0, 0.05) is 15.7 Å². The molecular weight excluding hydrogens is 232 g/mol. The van der Waals surface area contributed by atoms with Crippen LogP contribution in [-0.2, 0) is 0 Å². The smallest absolute Gasteiger partial charge is 0.0236 e. The topological polar surface area (TPSA) is 0 Å². The quantitative estimate of drug-likeness (QED) is 0.555. The minimum atomic E-state index is 0.0696. The zero-order valence-electron chi connectivity index (χ0n) is 10.9. The lowest BCUT2D eigenvalue weighted by Crippen LogP contribution is -2.36. The van der Waals surface area contributed by atoms with Crippen molar-refractivity contribution in [1.29, 1.82) is 0 Å². The van der Waals surface area contributed by atoms with E-state index in [0.717, 1.165) is 5.75 Å². The predicted molar refractivity (Wildman–Crippen MR) is 80.5 cm³/mol. The Morgan fingerprint density at radius 1 is 1.38 bits per heavy atom. The summed E-state index contributed by atoms with van der Waals surface area (Å²) in [6, 6.07) is 0. The third kappa shape index (κ3) is 3.59. The number of thioether (sulfide) groups is 1. The third-order valence-corrected chi connectivity index (χ3v) is 5.97. The minimum absolute atomic E-state index is 0.0696. The molecule has 0 fully saturated rings. The van der Waals surface area contributed by atoms with Gasteiger partial charge in [-0.25, -0.2) is 0 Å². The standard InChI is InChI=1S/C14H24S2/c1-6-11-7-8-12(9-11)16-10-13(2,3)14(4,5)15/h6-8,11-12,15H,1,9-10H2,2-5H3. The van der Waals surface area contributed by atoms with Crippen LogP contribution in [0.15, 0.2) is 24.8 Å². The van der Waals surface area contributed by atoms with E-state index in [1.807, 2.05) is 6.08 Å². The van der Waals surface area contributed by atoms with E-state index in [1.165, 1.54) is 6.42 Å². The number of thiol groups is 1. The average molecular weight is 256 g/mol. The van der Waals surface area contributed by atoms with Crippen LogP contribution in [0.5, 0.6) is 0 Å². The maximum absolute atomic E-state index is 4.70. The summed E-state index contributed by atoms with van der Waals surface area (Å²) in [5, 5.41) is 0.665. The maximum Gasteiger partial charge on any atom is 0.0236 e. The Hall–Kier alpha value is 0.180. The van der Waals surface area contributed by atoms with Crippen LogP contribution in [0.25, 0.3) is 0 Å². The van der Waals surface area contributed by atoms with Crippen molar-refractivity contribution in [3.05, 3.63) is 24.8 Å². The molecule has 0 heterocycles. The van der Waals surface area contributed by atoms with E-state index in [1.54, 1.807) is 0 Å². The van der Waals surface area contributed by atoms with E-state index >= 15 is 0 Å². The monoisotopic (exact) mass is 256 g/mol. The van der Waals surface area contributed by atoms with Crippen molar-refractivity contribution in [2.75, 3.05) is 5.75 Å². The van der Waals surface area contributed by atoms with Gasteiger partial charge in [0.15, 0.2) is 0 Å². The summed E-state index contributed by atoms with van der Waals surface area (Å²) in [6.07, 6.45) is 7.88. The van der Waals surface area contributed by atoms with Crippen molar-refractivity contribution in [3.8, 4) is 0 Å². The summed E-state index contributed by atoms with van der Waals surface area (Å²) in [5.41, 5.74) is 0.251. The second-order valence-electron chi connectivity index (χ2n) is 5.81. The van der Waals surface area contributed by atoms with E-state index in [4.69, 9.17) is 12.6 Å². The van der Waals surface area contributed by atoms with Crippen LogP contribution < -0.4 is 0 Å². The molecule has 0 aromatic rings. The molecule has 0 spiro atoms. The minimum Gasteiger partial charge on any atom is -0.172 e. The first-order valence-corrected chi connectivity index (χ1v) is 7.41. The molecule has 0 bridgehead atoms. The molecule has 1 aliphatic rings. The zero-order chi connectivity index (χ0) is 12.4. The molecule has 0 aliphatic heterocycles. The second kappa shape index (κ2) is 5.22. The van der Waals surface area contributed by atoms with Gasteiger partial charge in [-0.15, -0.1) is 6.58 Å². The van der Waals surface area contributed by atoms with E-state index in [-0.39, 0.29) is 10.2 Å². The highest BCUT2D eigenvalue weighted by atomic mass is 32.2. The van der Waals surface area contributed by atoms with Crippen molar-refractivity contribution in [3.63, 3.8) is 0 Å². The molecule has 2 heteroatoms. The van der Waals surface area contributed by atoms with Gasteiger partial charge < -0.3 is 0 Å². The molecule has 2 atom stereocenters. The number of hydrogen-bond donors (Lipinski definition) is 1. The fourth-order valence-corrected chi connectivity index (χ4v) is 3.22. The Balaban J connectivity index is 2.42. The lowest BCUT2D eigenvalue weighted by Gasteiger charge is -2.38. The van der Waals surface area contributed by atoms with Crippen LogP contribution in [0.1, 0.15) is 34.1 Å².